The van der Waals surface area contributed by atoms with Gasteiger partial charge in [-0.3, -0.25) is 19.2 Å². The Bertz CT molecular complexity index is 1230. The molecule has 0 aliphatic rings. The minimum atomic E-state index is -0.500. The number of benzene rings is 2. The fourth-order valence-corrected chi connectivity index (χ4v) is 4.08. The lowest BCUT2D eigenvalue weighted by Crippen LogP contribution is -2.43. The maximum absolute atomic E-state index is 13.0. The van der Waals surface area contributed by atoms with Gasteiger partial charge in [-0.15, -0.1) is 0 Å². The van der Waals surface area contributed by atoms with E-state index in [9.17, 15) is 14.4 Å². The number of carbonyl (C=O) groups is 3. The van der Waals surface area contributed by atoms with Crippen LogP contribution in [0.2, 0.25) is 0 Å². The molecule has 214 valence electrons. The van der Waals surface area contributed by atoms with Crippen LogP contribution in [-0.2, 0) is 21.0 Å². The third kappa shape index (κ3) is 8.88. The molecule has 0 saturated heterocycles. The van der Waals surface area contributed by atoms with Crippen molar-refractivity contribution in [2.45, 2.75) is 39.2 Å². The molecule has 0 aliphatic carbocycles. The fraction of sp³-hybridized carbons (Fsp3) is 0.367. The van der Waals surface area contributed by atoms with Crippen LogP contribution in [0.5, 0.6) is 11.5 Å². The minimum Gasteiger partial charge on any atom is -0.497 e. The lowest BCUT2D eigenvalue weighted by Gasteiger charge is -2.23. The van der Waals surface area contributed by atoms with Crippen LogP contribution in [0.3, 0.4) is 0 Å². The van der Waals surface area contributed by atoms with Crippen LogP contribution in [0.25, 0.3) is 11.3 Å². The third-order valence-corrected chi connectivity index (χ3v) is 6.30. The molecule has 0 bridgehead atoms. The highest BCUT2D eigenvalue weighted by atomic mass is 16.7. The number of unbranched alkanes of at least 4 members (excludes halogenated alkanes) is 2. The first-order chi connectivity index (χ1) is 19.5. The predicted molar refractivity (Wildman–Crippen MR) is 149 cm³/mol. The molecular formula is C30H37N3O7. The monoisotopic (exact) mass is 551 g/mol. The van der Waals surface area contributed by atoms with Crippen molar-refractivity contribution in [2.24, 2.45) is 5.92 Å². The smallest absolute Gasteiger partial charge is 0.288 e. The first kappa shape index (κ1) is 30.2. The normalized spacial score (nSPS) is 11.4. The number of rotatable bonds is 17. The summed E-state index contributed by atoms with van der Waals surface area (Å²) < 4.78 is 16.4. The zero-order chi connectivity index (χ0) is 28.7. The molecule has 1 aromatic heterocycles. The van der Waals surface area contributed by atoms with Crippen molar-refractivity contribution in [3.8, 4) is 22.8 Å². The fourth-order valence-electron chi connectivity index (χ4n) is 4.08. The van der Waals surface area contributed by atoms with Crippen LogP contribution in [0.1, 0.15) is 48.7 Å². The van der Waals surface area contributed by atoms with E-state index in [1.165, 1.54) is 0 Å². The standard InChI is InChI=1S/C30H37N3O7/c1-4-5-7-12-23(18-33(21-34)39-19-22-10-8-6-9-11-22)29(35)31-20-32-30(36)28-16-15-27(40-28)25-17-24(37-2)13-14-26(25)38-3/h6,8-11,13-17,21,23H,4-5,7,12,18-20H2,1-3H3,(H,31,35)(H,32,36). The summed E-state index contributed by atoms with van der Waals surface area (Å²) in [5, 5.41) is 6.54. The van der Waals surface area contributed by atoms with Crippen molar-refractivity contribution >= 4 is 18.2 Å². The van der Waals surface area contributed by atoms with Gasteiger partial charge in [0.1, 0.15) is 23.9 Å². The largest absolute Gasteiger partial charge is 0.497 e. The van der Waals surface area contributed by atoms with Crippen LogP contribution in [0.15, 0.2) is 65.1 Å². The summed E-state index contributed by atoms with van der Waals surface area (Å²) in [6, 6.07) is 17.9. The molecule has 3 aromatic rings. The zero-order valence-electron chi connectivity index (χ0n) is 23.2. The third-order valence-electron chi connectivity index (χ3n) is 6.30. The van der Waals surface area contributed by atoms with Gasteiger partial charge >= 0.3 is 0 Å². The number of furan rings is 1. The molecule has 2 aromatic carbocycles. The maximum Gasteiger partial charge on any atom is 0.288 e. The van der Waals surface area contributed by atoms with Crippen molar-refractivity contribution < 1.29 is 33.1 Å². The molecular weight excluding hydrogens is 514 g/mol. The molecule has 10 nitrogen and oxygen atoms in total. The summed E-state index contributed by atoms with van der Waals surface area (Å²) in [6.07, 6.45) is 3.95. The van der Waals surface area contributed by atoms with Gasteiger partial charge in [-0.1, -0.05) is 56.5 Å². The highest BCUT2D eigenvalue weighted by Gasteiger charge is 2.22. The Labute approximate surface area is 234 Å². The van der Waals surface area contributed by atoms with Gasteiger partial charge in [0.15, 0.2) is 5.76 Å². The molecule has 1 atom stereocenters. The number of carbonyl (C=O) groups excluding carboxylic acids is 3. The van der Waals surface area contributed by atoms with Crippen molar-refractivity contribution in [1.29, 1.82) is 0 Å². The molecule has 3 rings (SSSR count). The highest BCUT2D eigenvalue weighted by Crippen LogP contribution is 2.34. The van der Waals surface area contributed by atoms with Crippen molar-refractivity contribution in [3.05, 3.63) is 72.0 Å². The second-order valence-corrected chi connectivity index (χ2v) is 9.11. The minimum absolute atomic E-state index is 0.0788. The molecule has 1 unspecified atom stereocenters. The summed E-state index contributed by atoms with van der Waals surface area (Å²) >= 11 is 0. The van der Waals surface area contributed by atoms with Crippen molar-refractivity contribution in [2.75, 3.05) is 27.4 Å². The van der Waals surface area contributed by atoms with E-state index in [0.717, 1.165) is 29.9 Å². The van der Waals surface area contributed by atoms with Gasteiger partial charge in [-0.25, -0.2) is 5.06 Å². The Morgan fingerprint density at radius 3 is 2.50 bits per heavy atom. The average molecular weight is 552 g/mol. The number of nitrogens with zero attached hydrogens (tertiary/aromatic N) is 1. The molecule has 0 spiro atoms. The van der Waals surface area contributed by atoms with Gasteiger partial charge < -0.3 is 24.5 Å². The Morgan fingerprint density at radius 1 is 1.00 bits per heavy atom. The van der Waals surface area contributed by atoms with Crippen LogP contribution < -0.4 is 20.1 Å². The van der Waals surface area contributed by atoms with Gasteiger partial charge in [0, 0.05) is 0 Å². The number of hydrogen-bond donors (Lipinski definition) is 2. The Hall–Kier alpha value is -4.31. The van der Waals surface area contributed by atoms with Crippen molar-refractivity contribution in [1.82, 2.24) is 15.7 Å². The van der Waals surface area contributed by atoms with E-state index in [2.05, 4.69) is 17.6 Å². The molecule has 40 heavy (non-hydrogen) atoms. The van der Waals surface area contributed by atoms with E-state index in [0.29, 0.717) is 35.7 Å². The molecule has 0 aliphatic heterocycles. The van der Waals surface area contributed by atoms with E-state index >= 15 is 0 Å². The number of ether oxygens (including phenoxy) is 2. The summed E-state index contributed by atoms with van der Waals surface area (Å²) in [5.74, 6) is 0.429. The molecule has 3 amide bonds. The summed E-state index contributed by atoms with van der Waals surface area (Å²) in [5.41, 5.74) is 1.55. The molecule has 2 N–H and O–H groups in total. The van der Waals surface area contributed by atoms with E-state index in [1.54, 1.807) is 44.6 Å². The molecule has 1 heterocycles. The van der Waals surface area contributed by atoms with Crippen LogP contribution >= 0.6 is 0 Å². The second kappa shape index (κ2) is 15.9. The van der Waals surface area contributed by atoms with Crippen LogP contribution in [0, 0.1) is 5.92 Å². The van der Waals surface area contributed by atoms with Gasteiger partial charge in [-0.2, -0.15) is 0 Å². The molecule has 0 radical (unpaired) electrons. The summed E-state index contributed by atoms with van der Waals surface area (Å²) in [4.78, 5) is 42.9. The summed E-state index contributed by atoms with van der Waals surface area (Å²) in [6.45, 7) is 2.29. The quantitative estimate of drug-likeness (QED) is 0.109. The van der Waals surface area contributed by atoms with E-state index in [1.807, 2.05) is 30.3 Å². The second-order valence-electron chi connectivity index (χ2n) is 9.11. The van der Waals surface area contributed by atoms with Crippen LogP contribution in [-0.4, -0.2) is 50.7 Å². The van der Waals surface area contributed by atoms with Gasteiger partial charge in [0.05, 0.1) is 38.9 Å². The van der Waals surface area contributed by atoms with E-state index in [-0.39, 0.29) is 31.5 Å². The molecule has 10 heteroatoms. The number of nitrogens with one attached hydrogen (secondary N) is 2. The number of amides is 3. The first-order valence-electron chi connectivity index (χ1n) is 13.3. The first-order valence-corrected chi connectivity index (χ1v) is 13.3. The number of hydrogen-bond acceptors (Lipinski definition) is 7. The predicted octanol–water partition coefficient (Wildman–Crippen LogP) is 4.55. The Morgan fingerprint density at radius 2 is 1.80 bits per heavy atom. The van der Waals surface area contributed by atoms with Crippen LogP contribution in [0.4, 0.5) is 0 Å². The lowest BCUT2D eigenvalue weighted by molar-refractivity contribution is -0.182. The SMILES string of the molecule is CCCCCC(CN(C=O)OCc1ccccc1)C(=O)NCNC(=O)c1ccc(-c2cc(OC)ccc2OC)o1. The van der Waals surface area contributed by atoms with E-state index < -0.39 is 11.8 Å². The summed E-state index contributed by atoms with van der Waals surface area (Å²) in [7, 11) is 3.10. The van der Waals surface area contributed by atoms with Crippen molar-refractivity contribution in [3.63, 3.8) is 0 Å². The Balaban J connectivity index is 1.56. The molecule has 0 fully saturated rings. The number of hydroxylamine groups is 2. The van der Waals surface area contributed by atoms with E-state index in [4.69, 9.17) is 18.7 Å². The van der Waals surface area contributed by atoms with Gasteiger partial charge in [-0.05, 0) is 42.3 Å². The average Bonchev–Trinajstić information content (AvgIpc) is 3.49. The number of methoxy groups -OCH3 is 2. The molecule has 0 saturated carbocycles. The topological polar surface area (TPSA) is 119 Å². The zero-order valence-corrected chi connectivity index (χ0v) is 23.2. The highest BCUT2D eigenvalue weighted by molar-refractivity contribution is 5.92. The Kier molecular flexibility index (Phi) is 12.1. The van der Waals surface area contributed by atoms with Gasteiger partial charge in [0.2, 0.25) is 12.3 Å². The lowest BCUT2D eigenvalue weighted by atomic mass is 10.0. The maximum atomic E-state index is 13.0. The van der Waals surface area contributed by atoms with Gasteiger partial charge in [0.25, 0.3) is 5.91 Å².